The van der Waals surface area contributed by atoms with Crippen molar-refractivity contribution in [1.82, 2.24) is 4.57 Å². The molecule has 0 N–H and O–H groups in total. The highest BCUT2D eigenvalue weighted by molar-refractivity contribution is 5.52. The summed E-state index contributed by atoms with van der Waals surface area (Å²) in [5.41, 5.74) is 1.26. The molecule has 1 atom stereocenters. The van der Waals surface area contributed by atoms with Crippen LogP contribution in [0.1, 0.15) is 12.6 Å². The number of allylic oxidation sites excluding steroid dienone is 2. The second-order valence-electron chi connectivity index (χ2n) is 2.90. The van der Waals surface area contributed by atoms with E-state index in [4.69, 9.17) is 0 Å². The molecule has 1 unspecified atom stereocenters. The summed E-state index contributed by atoms with van der Waals surface area (Å²) in [4.78, 5) is 0. The van der Waals surface area contributed by atoms with Gasteiger partial charge in [-0.05, 0) is 24.1 Å². The van der Waals surface area contributed by atoms with Crippen molar-refractivity contribution in [2.75, 3.05) is 0 Å². The molecule has 0 radical (unpaired) electrons. The molecule has 0 aromatic carbocycles. The number of hydrogen-bond donors (Lipinski definition) is 0. The maximum Gasteiger partial charge on any atom is 0.0446 e. The number of hydrogen-bond acceptors (Lipinski definition) is 0. The molecule has 1 nitrogen and oxygen atoms in total. The zero-order valence-corrected chi connectivity index (χ0v) is 6.57. The molecule has 1 aliphatic heterocycles. The lowest BCUT2D eigenvalue weighted by Gasteiger charge is -1.94. The van der Waals surface area contributed by atoms with Crippen LogP contribution in [-0.2, 0) is 0 Å². The lowest BCUT2D eigenvalue weighted by Crippen LogP contribution is -1.83. The first-order valence-corrected chi connectivity index (χ1v) is 3.89. The molecule has 0 saturated carbocycles. The zero-order valence-electron chi connectivity index (χ0n) is 6.57. The highest BCUT2D eigenvalue weighted by Gasteiger charge is 1.98. The Balaban J connectivity index is 2.48. The van der Waals surface area contributed by atoms with Crippen LogP contribution in [0.3, 0.4) is 0 Å². The van der Waals surface area contributed by atoms with Crippen molar-refractivity contribution in [2.24, 2.45) is 5.92 Å². The number of nitrogens with zero attached hydrogens (tertiary/aromatic N) is 1. The Labute approximate surface area is 66.7 Å². The van der Waals surface area contributed by atoms with Crippen molar-refractivity contribution in [1.29, 1.82) is 0 Å². The SMILES string of the molecule is CC1C=Cc2cccn2C=C1. The van der Waals surface area contributed by atoms with Crippen LogP contribution in [0.25, 0.3) is 12.3 Å². The monoisotopic (exact) mass is 145 g/mol. The van der Waals surface area contributed by atoms with E-state index in [1.807, 2.05) is 0 Å². The van der Waals surface area contributed by atoms with E-state index in [0.717, 1.165) is 0 Å². The van der Waals surface area contributed by atoms with Gasteiger partial charge >= 0.3 is 0 Å². The molecule has 1 aromatic heterocycles. The largest absolute Gasteiger partial charge is 0.324 e. The molecule has 0 spiro atoms. The van der Waals surface area contributed by atoms with Gasteiger partial charge in [-0.15, -0.1) is 0 Å². The molecule has 2 heterocycles. The number of fused-ring (bicyclic) bond motifs is 1. The van der Waals surface area contributed by atoms with Crippen molar-refractivity contribution in [3.63, 3.8) is 0 Å². The summed E-state index contributed by atoms with van der Waals surface area (Å²) in [6.45, 7) is 2.18. The van der Waals surface area contributed by atoms with Gasteiger partial charge in [0.25, 0.3) is 0 Å². The molecule has 0 fully saturated rings. The van der Waals surface area contributed by atoms with E-state index in [2.05, 4.69) is 54.2 Å². The first-order valence-electron chi connectivity index (χ1n) is 3.89. The quantitative estimate of drug-likeness (QED) is 0.529. The highest BCUT2D eigenvalue weighted by atomic mass is 14.9. The van der Waals surface area contributed by atoms with Crippen molar-refractivity contribution < 1.29 is 0 Å². The molecule has 1 aromatic rings. The minimum absolute atomic E-state index is 0.551. The summed E-state index contributed by atoms with van der Waals surface area (Å²) in [6, 6.07) is 4.17. The van der Waals surface area contributed by atoms with E-state index >= 15 is 0 Å². The van der Waals surface area contributed by atoms with Crippen LogP contribution in [0.4, 0.5) is 0 Å². The van der Waals surface area contributed by atoms with Gasteiger partial charge in [0.2, 0.25) is 0 Å². The lowest BCUT2D eigenvalue weighted by molar-refractivity contribution is 0.950. The summed E-state index contributed by atoms with van der Waals surface area (Å²) >= 11 is 0. The first-order chi connectivity index (χ1) is 5.36. The second-order valence-corrected chi connectivity index (χ2v) is 2.90. The molecule has 11 heavy (non-hydrogen) atoms. The van der Waals surface area contributed by atoms with Crippen LogP contribution in [0.2, 0.25) is 0 Å². The Bertz CT molecular complexity index is 276. The van der Waals surface area contributed by atoms with Crippen LogP contribution in [-0.4, -0.2) is 4.57 Å². The van der Waals surface area contributed by atoms with E-state index in [9.17, 15) is 0 Å². The zero-order chi connectivity index (χ0) is 7.68. The Kier molecular flexibility index (Phi) is 1.42. The van der Waals surface area contributed by atoms with Gasteiger partial charge in [-0.3, -0.25) is 0 Å². The van der Waals surface area contributed by atoms with Crippen LogP contribution in [0.5, 0.6) is 0 Å². The topological polar surface area (TPSA) is 4.93 Å². The number of aromatic nitrogens is 1. The molecular formula is C10H11N. The molecule has 0 bridgehead atoms. The van der Waals surface area contributed by atoms with E-state index in [1.165, 1.54) is 5.69 Å². The first kappa shape index (κ1) is 6.47. The van der Waals surface area contributed by atoms with Gasteiger partial charge in [-0.25, -0.2) is 0 Å². The molecular weight excluding hydrogens is 134 g/mol. The van der Waals surface area contributed by atoms with Gasteiger partial charge in [0.15, 0.2) is 0 Å². The van der Waals surface area contributed by atoms with Crippen LogP contribution >= 0.6 is 0 Å². The molecule has 0 saturated heterocycles. The minimum Gasteiger partial charge on any atom is -0.324 e. The summed E-state index contributed by atoms with van der Waals surface area (Å²) < 4.78 is 2.12. The fraction of sp³-hybridized carbons (Fsp3) is 0.200. The van der Waals surface area contributed by atoms with E-state index in [-0.39, 0.29) is 0 Å². The molecule has 1 aliphatic rings. The standard InChI is InChI=1S/C10H11N/c1-9-4-5-10-3-2-7-11(10)8-6-9/h2-9H,1H3. The Morgan fingerprint density at radius 2 is 2.27 bits per heavy atom. The van der Waals surface area contributed by atoms with Crippen molar-refractivity contribution in [2.45, 2.75) is 6.92 Å². The van der Waals surface area contributed by atoms with Gasteiger partial charge in [0, 0.05) is 18.1 Å². The molecule has 0 aliphatic carbocycles. The third-order valence-electron chi connectivity index (χ3n) is 1.93. The normalized spacial score (nSPS) is 21.4. The molecule has 1 heteroatoms. The van der Waals surface area contributed by atoms with Crippen LogP contribution in [0, 0.1) is 5.92 Å². The fourth-order valence-corrected chi connectivity index (χ4v) is 1.23. The Morgan fingerprint density at radius 1 is 1.36 bits per heavy atom. The van der Waals surface area contributed by atoms with Crippen LogP contribution < -0.4 is 0 Å². The maximum atomic E-state index is 2.20. The van der Waals surface area contributed by atoms with Crippen molar-refractivity contribution >= 4 is 12.3 Å². The summed E-state index contributed by atoms with van der Waals surface area (Å²) in [7, 11) is 0. The van der Waals surface area contributed by atoms with Gasteiger partial charge in [-0.1, -0.05) is 19.1 Å². The van der Waals surface area contributed by atoms with Crippen molar-refractivity contribution in [3.8, 4) is 0 Å². The predicted molar refractivity (Wildman–Crippen MR) is 48.0 cm³/mol. The smallest absolute Gasteiger partial charge is 0.0446 e. The average Bonchev–Trinajstić information content (AvgIpc) is 2.38. The maximum absolute atomic E-state index is 2.20. The lowest BCUT2D eigenvalue weighted by atomic mass is 10.1. The van der Waals surface area contributed by atoms with E-state index in [1.54, 1.807) is 0 Å². The fourth-order valence-electron chi connectivity index (χ4n) is 1.23. The third kappa shape index (κ3) is 1.14. The Hall–Kier alpha value is -1.24. The summed E-state index contributed by atoms with van der Waals surface area (Å²) in [6.07, 6.45) is 10.7. The predicted octanol–water partition coefficient (Wildman–Crippen LogP) is 2.62. The van der Waals surface area contributed by atoms with Gasteiger partial charge in [-0.2, -0.15) is 0 Å². The summed E-state index contributed by atoms with van der Waals surface area (Å²) in [5.74, 6) is 0.551. The van der Waals surface area contributed by atoms with Gasteiger partial charge in [0.05, 0.1) is 0 Å². The van der Waals surface area contributed by atoms with E-state index < -0.39 is 0 Å². The minimum atomic E-state index is 0.551. The average molecular weight is 145 g/mol. The molecule has 56 valence electrons. The van der Waals surface area contributed by atoms with E-state index in [0.29, 0.717) is 5.92 Å². The number of rotatable bonds is 0. The Morgan fingerprint density at radius 3 is 3.18 bits per heavy atom. The van der Waals surface area contributed by atoms with Crippen LogP contribution in [0.15, 0.2) is 30.5 Å². The molecule has 2 rings (SSSR count). The highest BCUT2D eigenvalue weighted by Crippen LogP contribution is 2.13. The summed E-state index contributed by atoms with van der Waals surface area (Å²) in [5, 5.41) is 0. The van der Waals surface area contributed by atoms with Gasteiger partial charge < -0.3 is 4.57 Å². The van der Waals surface area contributed by atoms with Gasteiger partial charge in [0.1, 0.15) is 0 Å². The molecule has 0 amide bonds. The second kappa shape index (κ2) is 2.42. The third-order valence-corrected chi connectivity index (χ3v) is 1.93. The van der Waals surface area contributed by atoms with Crippen molar-refractivity contribution in [3.05, 3.63) is 36.2 Å².